The van der Waals surface area contributed by atoms with Gasteiger partial charge in [0.2, 0.25) is 15.9 Å². The van der Waals surface area contributed by atoms with Crippen molar-refractivity contribution in [3.05, 3.63) is 41.0 Å². The maximum absolute atomic E-state index is 12.6. The first-order valence-corrected chi connectivity index (χ1v) is 12.1. The van der Waals surface area contributed by atoms with Crippen LogP contribution in [0.2, 0.25) is 0 Å². The Balaban J connectivity index is 1.25. The molecule has 2 aliphatic rings. The van der Waals surface area contributed by atoms with Crippen LogP contribution in [0.3, 0.4) is 0 Å². The van der Waals surface area contributed by atoms with Gasteiger partial charge in [-0.15, -0.1) is 0 Å². The molecule has 2 N–H and O–H groups in total. The molecule has 1 amide bonds. The fourth-order valence-corrected chi connectivity index (χ4v) is 5.28. The number of carbonyl (C=O) groups excluding carboxylic acids is 1. The predicted molar refractivity (Wildman–Crippen MR) is 113 cm³/mol. The molecule has 2 heterocycles. The van der Waals surface area contributed by atoms with E-state index in [9.17, 15) is 13.2 Å². The first kappa shape index (κ1) is 21.0. The number of H-pyrrole nitrogens is 1. The summed E-state index contributed by atoms with van der Waals surface area (Å²) in [5.74, 6) is 2.68. The summed E-state index contributed by atoms with van der Waals surface area (Å²) in [4.78, 5) is 19.3. The number of hydrogen-bond acceptors (Lipinski definition) is 5. The summed E-state index contributed by atoms with van der Waals surface area (Å²) >= 11 is 0. The van der Waals surface area contributed by atoms with Crippen molar-refractivity contribution in [2.24, 2.45) is 0 Å². The summed E-state index contributed by atoms with van der Waals surface area (Å²) in [6.07, 6.45) is 4.20. The third kappa shape index (κ3) is 4.73. The van der Waals surface area contributed by atoms with Gasteiger partial charge in [0, 0.05) is 37.9 Å². The van der Waals surface area contributed by atoms with Crippen molar-refractivity contribution >= 4 is 15.9 Å². The fourth-order valence-electron chi connectivity index (χ4n) is 3.92. The average molecular weight is 432 g/mol. The van der Waals surface area contributed by atoms with Crippen LogP contribution in [-0.4, -0.2) is 54.0 Å². The lowest BCUT2D eigenvalue weighted by molar-refractivity contribution is -0.132. The maximum Gasteiger partial charge on any atom is 0.240 e. The molecule has 0 bridgehead atoms. The molecule has 8 nitrogen and oxygen atoms in total. The molecule has 1 aromatic carbocycles. The first-order chi connectivity index (χ1) is 14.3. The zero-order valence-electron chi connectivity index (χ0n) is 17.5. The van der Waals surface area contributed by atoms with Gasteiger partial charge in [0.05, 0.1) is 4.90 Å². The smallest absolute Gasteiger partial charge is 0.240 e. The Hall–Kier alpha value is -2.26. The summed E-state index contributed by atoms with van der Waals surface area (Å²) in [7, 11) is -3.62. The number of piperidine rings is 1. The van der Waals surface area contributed by atoms with Crippen LogP contribution in [0.25, 0.3) is 0 Å². The van der Waals surface area contributed by atoms with Gasteiger partial charge in [-0.05, 0) is 56.7 Å². The standard InChI is InChI=1S/C21H29N5O3S/c1-14-3-4-15(2)18(13-14)30(28,29)22-10-7-19(27)26-11-8-17(9-12-26)21-23-20(24-25-21)16-5-6-16/h3-4,13,16-17,22H,5-12H2,1-2H3,(H,23,24,25). The summed E-state index contributed by atoms with van der Waals surface area (Å²) in [6.45, 7) is 5.04. The van der Waals surface area contributed by atoms with Crippen molar-refractivity contribution in [3.63, 3.8) is 0 Å². The van der Waals surface area contributed by atoms with Crippen LogP contribution >= 0.6 is 0 Å². The number of amides is 1. The zero-order valence-corrected chi connectivity index (χ0v) is 18.3. The Kier molecular flexibility index (Phi) is 5.92. The highest BCUT2D eigenvalue weighted by Crippen LogP contribution is 2.38. The molecular weight excluding hydrogens is 402 g/mol. The number of nitrogens with one attached hydrogen (secondary N) is 2. The molecule has 0 spiro atoms. The van der Waals surface area contributed by atoms with Crippen molar-refractivity contribution in [1.82, 2.24) is 24.8 Å². The number of aromatic amines is 1. The molecule has 4 rings (SSSR count). The largest absolute Gasteiger partial charge is 0.343 e. The van der Waals surface area contributed by atoms with E-state index in [1.54, 1.807) is 19.1 Å². The van der Waals surface area contributed by atoms with E-state index >= 15 is 0 Å². The lowest BCUT2D eigenvalue weighted by Gasteiger charge is -2.31. The number of aromatic nitrogens is 3. The number of rotatable bonds is 7. The highest BCUT2D eigenvalue weighted by Gasteiger charge is 2.30. The van der Waals surface area contributed by atoms with Crippen molar-refractivity contribution in [2.45, 2.75) is 62.7 Å². The molecule has 1 aromatic heterocycles. The zero-order chi connectivity index (χ0) is 21.3. The van der Waals surface area contributed by atoms with Crippen LogP contribution in [0.15, 0.2) is 23.1 Å². The molecular formula is C21H29N5O3S. The molecule has 9 heteroatoms. The van der Waals surface area contributed by atoms with Crippen LogP contribution in [0.5, 0.6) is 0 Å². The topological polar surface area (TPSA) is 108 Å². The summed E-state index contributed by atoms with van der Waals surface area (Å²) in [5, 5.41) is 7.40. The molecule has 2 fully saturated rings. The number of likely N-dealkylation sites (tertiary alicyclic amines) is 1. The lowest BCUT2D eigenvalue weighted by atomic mass is 9.96. The molecule has 1 aliphatic carbocycles. The number of carbonyl (C=O) groups is 1. The fraction of sp³-hybridized carbons (Fsp3) is 0.571. The third-order valence-corrected chi connectivity index (χ3v) is 7.56. The SMILES string of the molecule is Cc1ccc(C)c(S(=O)(=O)NCCC(=O)N2CCC(c3nc(C4CC4)n[nH]3)CC2)c1. The lowest BCUT2D eigenvalue weighted by Crippen LogP contribution is -2.39. The molecule has 0 unspecified atom stereocenters. The van der Waals surface area contributed by atoms with Crippen molar-refractivity contribution in [1.29, 1.82) is 0 Å². The number of nitrogens with zero attached hydrogens (tertiary/aromatic N) is 3. The van der Waals surface area contributed by atoms with Gasteiger partial charge in [-0.25, -0.2) is 18.1 Å². The average Bonchev–Trinajstić information content (AvgIpc) is 3.46. The van der Waals surface area contributed by atoms with Gasteiger partial charge in [-0.1, -0.05) is 12.1 Å². The second-order valence-electron chi connectivity index (χ2n) is 8.42. The van der Waals surface area contributed by atoms with E-state index < -0.39 is 10.0 Å². The Labute approximate surface area is 177 Å². The van der Waals surface area contributed by atoms with E-state index in [2.05, 4.69) is 19.9 Å². The van der Waals surface area contributed by atoms with Crippen LogP contribution in [-0.2, 0) is 14.8 Å². The van der Waals surface area contributed by atoms with Crippen LogP contribution < -0.4 is 4.72 Å². The summed E-state index contributed by atoms with van der Waals surface area (Å²) in [6, 6.07) is 5.33. The van der Waals surface area contributed by atoms with E-state index in [-0.39, 0.29) is 23.8 Å². The van der Waals surface area contributed by atoms with E-state index in [0.29, 0.717) is 30.5 Å². The van der Waals surface area contributed by atoms with E-state index in [1.807, 2.05) is 17.9 Å². The molecule has 2 aromatic rings. The van der Waals surface area contributed by atoms with Gasteiger partial charge >= 0.3 is 0 Å². The number of benzene rings is 1. The van der Waals surface area contributed by atoms with Gasteiger partial charge < -0.3 is 4.90 Å². The van der Waals surface area contributed by atoms with Crippen LogP contribution in [0.4, 0.5) is 0 Å². The van der Waals surface area contributed by atoms with Gasteiger partial charge in [0.1, 0.15) is 5.82 Å². The number of hydrogen-bond donors (Lipinski definition) is 2. The molecule has 1 saturated carbocycles. The normalized spacial score (nSPS) is 18.0. The minimum Gasteiger partial charge on any atom is -0.343 e. The van der Waals surface area contributed by atoms with Crippen molar-refractivity contribution in [2.75, 3.05) is 19.6 Å². The molecule has 162 valence electrons. The minimum absolute atomic E-state index is 0.0200. The minimum atomic E-state index is -3.62. The van der Waals surface area contributed by atoms with Crippen LogP contribution in [0, 0.1) is 13.8 Å². The predicted octanol–water partition coefficient (Wildman–Crippen LogP) is 2.37. The molecule has 1 saturated heterocycles. The summed E-state index contributed by atoms with van der Waals surface area (Å²) < 4.78 is 27.7. The van der Waals surface area contributed by atoms with Gasteiger partial charge in [-0.2, -0.15) is 5.10 Å². The molecule has 0 atom stereocenters. The van der Waals surface area contributed by atoms with Gasteiger partial charge in [0.15, 0.2) is 5.82 Å². The quantitative estimate of drug-likeness (QED) is 0.700. The Morgan fingerprint density at radius 2 is 1.90 bits per heavy atom. The van der Waals surface area contributed by atoms with E-state index in [1.165, 1.54) is 12.8 Å². The number of aryl methyl sites for hydroxylation is 2. The Bertz CT molecular complexity index is 1020. The van der Waals surface area contributed by atoms with Gasteiger partial charge in [-0.3, -0.25) is 9.89 Å². The van der Waals surface area contributed by atoms with E-state index in [4.69, 9.17) is 0 Å². The molecule has 1 aliphatic heterocycles. The Morgan fingerprint density at radius 1 is 1.17 bits per heavy atom. The van der Waals surface area contributed by atoms with Crippen molar-refractivity contribution in [3.8, 4) is 0 Å². The molecule has 30 heavy (non-hydrogen) atoms. The molecule has 0 radical (unpaired) electrons. The first-order valence-electron chi connectivity index (χ1n) is 10.6. The summed E-state index contributed by atoms with van der Waals surface area (Å²) in [5.41, 5.74) is 1.58. The van der Waals surface area contributed by atoms with E-state index in [0.717, 1.165) is 30.1 Å². The van der Waals surface area contributed by atoms with Crippen molar-refractivity contribution < 1.29 is 13.2 Å². The maximum atomic E-state index is 12.6. The Morgan fingerprint density at radius 3 is 2.60 bits per heavy atom. The second-order valence-corrected chi connectivity index (χ2v) is 10.2. The third-order valence-electron chi connectivity index (χ3n) is 5.96. The van der Waals surface area contributed by atoms with Crippen LogP contribution in [0.1, 0.15) is 66.7 Å². The highest BCUT2D eigenvalue weighted by molar-refractivity contribution is 7.89. The van der Waals surface area contributed by atoms with Gasteiger partial charge in [0.25, 0.3) is 0 Å². The monoisotopic (exact) mass is 431 g/mol. The number of sulfonamides is 1. The highest BCUT2D eigenvalue weighted by atomic mass is 32.2. The second kappa shape index (κ2) is 8.47.